The van der Waals surface area contributed by atoms with Gasteiger partial charge in [-0.25, -0.2) is 9.59 Å². The Balaban J connectivity index is 2.19. The molecule has 1 aromatic carbocycles. The highest BCUT2D eigenvalue weighted by Gasteiger charge is 2.42. The van der Waals surface area contributed by atoms with Crippen LogP contribution in [0.1, 0.15) is 52.0 Å². The summed E-state index contributed by atoms with van der Waals surface area (Å²) in [6, 6.07) is 7.29. The number of likely N-dealkylation sites (N-methyl/N-ethyl adjacent to an activating group) is 1. The van der Waals surface area contributed by atoms with E-state index >= 15 is 0 Å². The molecule has 0 spiro atoms. The molecule has 1 heterocycles. The highest BCUT2D eigenvalue weighted by Crippen LogP contribution is 2.29. The number of urea groups is 1. The smallest absolute Gasteiger partial charge is 0.328 e. The van der Waals surface area contributed by atoms with Gasteiger partial charge < -0.3 is 39.5 Å². The first-order valence-electron chi connectivity index (χ1n) is 16.3. The van der Waals surface area contributed by atoms with Crippen LogP contribution < -0.4 is 10.6 Å². The summed E-state index contributed by atoms with van der Waals surface area (Å²) >= 11 is 0. The normalized spacial score (nSPS) is 18.2. The minimum atomic E-state index is -0.882. The fraction of sp³-hybridized carbons (Fsp3) is 0.676. The molecule has 1 fully saturated rings. The second-order valence-electron chi connectivity index (χ2n) is 12.5. The van der Waals surface area contributed by atoms with E-state index in [0.717, 1.165) is 18.4 Å². The molecule has 1 saturated heterocycles. The van der Waals surface area contributed by atoms with Crippen molar-refractivity contribution in [1.29, 1.82) is 0 Å². The van der Waals surface area contributed by atoms with Crippen LogP contribution >= 0.6 is 0 Å². The molecule has 2 rings (SSSR count). The zero-order chi connectivity index (χ0) is 35.3. The standard InChI is InChI=1S/C34H55N5O8/c1-10-22(2)30(38(6)29(41)21-35-34(44)37(4)5)27(45-7)20-28(40)39-18-14-17-26(39)31(46-8)23(3)32(42)36-25(33(43)47-9)19-24-15-12-11-13-16-24/h11-13,15-16,22-23,25-27,30-31H,10,14,17-21H2,1-9H3,(H,35,44)(H,36,42)/t22-,23+,25-,26-,27+,30-,31+/m0/s1. The molecule has 7 atom stereocenters. The van der Waals surface area contributed by atoms with E-state index in [4.69, 9.17) is 14.2 Å². The van der Waals surface area contributed by atoms with Gasteiger partial charge in [0.25, 0.3) is 0 Å². The Morgan fingerprint density at radius 2 is 1.66 bits per heavy atom. The molecule has 264 valence electrons. The Morgan fingerprint density at radius 3 is 2.21 bits per heavy atom. The Bertz CT molecular complexity index is 1180. The third-order valence-electron chi connectivity index (χ3n) is 9.19. The summed E-state index contributed by atoms with van der Waals surface area (Å²) in [5, 5.41) is 5.44. The van der Waals surface area contributed by atoms with Crippen LogP contribution in [0, 0.1) is 11.8 Å². The minimum absolute atomic E-state index is 0.00490. The average Bonchev–Trinajstić information content (AvgIpc) is 3.55. The van der Waals surface area contributed by atoms with E-state index in [9.17, 15) is 24.0 Å². The van der Waals surface area contributed by atoms with Crippen molar-refractivity contribution in [2.45, 2.75) is 83.2 Å². The zero-order valence-corrected chi connectivity index (χ0v) is 29.5. The number of likely N-dealkylation sites (tertiary alicyclic amines) is 1. The van der Waals surface area contributed by atoms with Gasteiger partial charge in [0.1, 0.15) is 6.04 Å². The number of methoxy groups -OCH3 is 3. The van der Waals surface area contributed by atoms with Gasteiger partial charge in [-0.1, -0.05) is 57.5 Å². The molecule has 0 aromatic heterocycles. The van der Waals surface area contributed by atoms with Crippen molar-refractivity contribution in [1.82, 2.24) is 25.3 Å². The Hall–Kier alpha value is -3.71. The predicted octanol–water partition coefficient (Wildman–Crippen LogP) is 2.08. The molecule has 0 unspecified atom stereocenters. The van der Waals surface area contributed by atoms with Crippen molar-refractivity contribution in [2.24, 2.45) is 11.8 Å². The lowest BCUT2D eigenvalue weighted by Gasteiger charge is -2.39. The Labute approximate surface area is 279 Å². The van der Waals surface area contributed by atoms with Crippen LogP contribution in [0.25, 0.3) is 0 Å². The number of rotatable bonds is 17. The molecular formula is C34H55N5O8. The van der Waals surface area contributed by atoms with Crippen molar-refractivity contribution >= 4 is 29.7 Å². The Kier molecular flexibility index (Phi) is 16.1. The third-order valence-corrected chi connectivity index (χ3v) is 9.19. The highest BCUT2D eigenvalue weighted by atomic mass is 16.5. The van der Waals surface area contributed by atoms with Crippen LogP contribution in [0.5, 0.6) is 0 Å². The molecular weight excluding hydrogens is 606 g/mol. The van der Waals surface area contributed by atoms with Gasteiger partial charge in [-0.15, -0.1) is 0 Å². The number of ether oxygens (including phenoxy) is 3. The van der Waals surface area contributed by atoms with Crippen LogP contribution in [0.15, 0.2) is 30.3 Å². The van der Waals surface area contributed by atoms with Gasteiger partial charge >= 0.3 is 12.0 Å². The number of hydrogen-bond donors (Lipinski definition) is 2. The number of nitrogens with zero attached hydrogens (tertiary/aromatic N) is 3. The molecule has 1 aromatic rings. The first kappa shape index (κ1) is 39.5. The summed E-state index contributed by atoms with van der Waals surface area (Å²) < 4.78 is 16.7. The maximum absolute atomic E-state index is 13.9. The van der Waals surface area contributed by atoms with Crippen LogP contribution in [0.3, 0.4) is 0 Å². The molecule has 2 N–H and O–H groups in total. The molecule has 13 heteroatoms. The summed E-state index contributed by atoms with van der Waals surface area (Å²) in [6.07, 6.45) is 1.16. The van der Waals surface area contributed by atoms with E-state index in [0.29, 0.717) is 13.0 Å². The van der Waals surface area contributed by atoms with Crippen LogP contribution in [0.2, 0.25) is 0 Å². The van der Waals surface area contributed by atoms with Crippen molar-refractivity contribution in [3.63, 3.8) is 0 Å². The van der Waals surface area contributed by atoms with Gasteiger partial charge in [-0.3, -0.25) is 14.4 Å². The van der Waals surface area contributed by atoms with Crippen LogP contribution in [0.4, 0.5) is 4.79 Å². The molecule has 47 heavy (non-hydrogen) atoms. The molecule has 0 saturated carbocycles. The van der Waals surface area contributed by atoms with Gasteiger partial charge in [0, 0.05) is 48.3 Å². The summed E-state index contributed by atoms with van der Waals surface area (Å²) in [7, 11) is 9.18. The number of carbonyl (C=O) groups excluding carboxylic acids is 5. The van der Waals surface area contributed by atoms with Gasteiger partial charge in [0.15, 0.2) is 0 Å². The lowest BCUT2D eigenvalue weighted by atomic mass is 9.90. The number of amides is 5. The second kappa shape index (κ2) is 19.2. The SMILES string of the molecule is CC[C@H](C)[C@@H]([C@@H](CC(=O)N1CCC[C@H]1[C@H](OC)[C@@H](C)C(=O)N[C@@H](Cc1ccccc1)C(=O)OC)OC)N(C)C(=O)CNC(=O)N(C)C. The van der Waals surface area contributed by atoms with Crippen molar-refractivity contribution in [2.75, 3.05) is 55.6 Å². The number of carbonyl (C=O) groups is 5. The lowest BCUT2D eigenvalue weighted by molar-refractivity contribution is -0.148. The van der Waals surface area contributed by atoms with Crippen molar-refractivity contribution in [3.8, 4) is 0 Å². The predicted molar refractivity (Wildman–Crippen MR) is 177 cm³/mol. The topological polar surface area (TPSA) is 147 Å². The van der Waals surface area contributed by atoms with Gasteiger partial charge in [0.2, 0.25) is 17.7 Å². The van der Waals surface area contributed by atoms with Gasteiger partial charge in [0.05, 0.1) is 50.3 Å². The van der Waals surface area contributed by atoms with Crippen LogP contribution in [-0.2, 0) is 39.8 Å². The van der Waals surface area contributed by atoms with E-state index in [-0.39, 0.29) is 55.1 Å². The maximum atomic E-state index is 13.9. The van der Waals surface area contributed by atoms with E-state index in [1.807, 2.05) is 44.2 Å². The molecule has 1 aliphatic heterocycles. The van der Waals surface area contributed by atoms with E-state index in [1.165, 1.54) is 26.2 Å². The Morgan fingerprint density at radius 1 is 1.00 bits per heavy atom. The third kappa shape index (κ3) is 10.9. The number of benzene rings is 1. The number of nitrogens with one attached hydrogen (secondary N) is 2. The van der Waals surface area contributed by atoms with Crippen molar-refractivity contribution in [3.05, 3.63) is 35.9 Å². The summed E-state index contributed by atoms with van der Waals surface area (Å²) in [5.74, 6) is -2.08. The highest BCUT2D eigenvalue weighted by molar-refractivity contribution is 5.86. The molecule has 0 radical (unpaired) electrons. The largest absolute Gasteiger partial charge is 0.467 e. The first-order chi connectivity index (χ1) is 22.3. The quantitative estimate of drug-likeness (QED) is 0.242. The van der Waals surface area contributed by atoms with E-state index in [2.05, 4.69) is 10.6 Å². The molecule has 5 amide bonds. The van der Waals surface area contributed by atoms with E-state index in [1.54, 1.807) is 37.9 Å². The first-order valence-corrected chi connectivity index (χ1v) is 16.3. The van der Waals surface area contributed by atoms with Gasteiger partial charge in [-0.2, -0.15) is 0 Å². The summed E-state index contributed by atoms with van der Waals surface area (Å²) in [5.41, 5.74) is 0.876. The summed E-state index contributed by atoms with van der Waals surface area (Å²) in [6.45, 7) is 6.05. The number of esters is 1. The molecule has 1 aliphatic rings. The second-order valence-corrected chi connectivity index (χ2v) is 12.5. The number of hydrogen-bond acceptors (Lipinski definition) is 8. The molecule has 13 nitrogen and oxygen atoms in total. The maximum Gasteiger partial charge on any atom is 0.328 e. The lowest BCUT2D eigenvalue weighted by Crippen LogP contribution is -2.55. The minimum Gasteiger partial charge on any atom is -0.467 e. The van der Waals surface area contributed by atoms with Crippen LogP contribution in [-0.4, -0.2) is 130 Å². The van der Waals surface area contributed by atoms with Crippen molar-refractivity contribution < 1.29 is 38.2 Å². The van der Waals surface area contributed by atoms with E-state index < -0.39 is 36.2 Å². The summed E-state index contributed by atoms with van der Waals surface area (Å²) in [4.78, 5) is 69.7. The molecule has 0 bridgehead atoms. The van der Waals surface area contributed by atoms with Gasteiger partial charge in [-0.05, 0) is 24.3 Å². The molecule has 0 aliphatic carbocycles. The average molecular weight is 662 g/mol. The monoisotopic (exact) mass is 661 g/mol. The zero-order valence-electron chi connectivity index (χ0n) is 29.5. The fourth-order valence-electron chi connectivity index (χ4n) is 6.25. The fourth-order valence-corrected chi connectivity index (χ4v) is 6.25.